The van der Waals surface area contributed by atoms with Crippen molar-refractivity contribution in [2.45, 2.75) is 51.2 Å². The Kier molecular flexibility index (Phi) is 10.2. The molecule has 7 nitrogen and oxygen atoms in total. The SMILES string of the molecule is Cc1cc(C2CCCNC2)oc(=O)c1C(=O)N1CCC(OCc2ccccn2)CC1.Cl.Cl. The molecule has 4 rings (SSSR count). The molecule has 0 spiro atoms. The number of carbonyl (C=O) groups excluding carboxylic acids is 1. The first kappa shape index (κ1) is 26.3. The van der Waals surface area contributed by atoms with Gasteiger partial charge in [0, 0.05) is 31.7 Å². The Hall–Kier alpha value is -1.93. The molecular weight excluding hydrogens is 453 g/mol. The van der Waals surface area contributed by atoms with E-state index in [1.165, 1.54) is 0 Å². The van der Waals surface area contributed by atoms with Gasteiger partial charge < -0.3 is 19.4 Å². The van der Waals surface area contributed by atoms with Crippen molar-refractivity contribution in [3.05, 3.63) is 63.5 Å². The number of aromatic nitrogens is 1. The third-order valence-corrected chi connectivity index (χ3v) is 6.00. The molecule has 0 aromatic carbocycles. The van der Waals surface area contributed by atoms with Gasteiger partial charge in [0.2, 0.25) is 0 Å². The van der Waals surface area contributed by atoms with Crippen molar-refractivity contribution in [1.82, 2.24) is 15.2 Å². The van der Waals surface area contributed by atoms with E-state index < -0.39 is 5.63 Å². The summed E-state index contributed by atoms with van der Waals surface area (Å²) in [7, 11) is 0. The number of hydrogen-bond donors (Lipinski definition) is 1. The summed E-state index contributed by atoms with van der Waals surface area (Å²) >= 11 is 0. The summed E-state index contributed by atoms with van der Waals surface area (Å²) in [5.41, 5.74) is 1.24. The van der Waals surface area contributed by atoms with Gasteiger partial charge in [0.1, 0.15) is 11.3 Å². The van der Waals surface area contributed by atoms with Gasteiger partial charge in [0.25, 0.3) is 5.91 Å². The number of hydrogen-bond acceptors (Lipinski definition) is 6. The molecule has 2 aromatic rings. The van der Waals surface area contributed by atoms with Gasteiger partial charge in [-0.25, -0.2) is 4.79 Å². The van der Waals surface area contributed by atoms with E-state index in [2.05, 4.69) is 10.3 Å². The smallest absolute Gasteiger partial charge is 0.349 e. The summed E-state index contributed by atoms with van der Waals surface area (Å²) in [5.74, 6) is 0.641. The third-order valence-electron chi connectivity index (χ3n) is 6.00. The number of halogens is 2. The number of piperidine rings is 2. The predicted molar refractivity (Wildman–Crippen MR) is 127 cm³/mol. The second kappa shape index (κ2) is 12.3. The van der Waals surface area contributed by atoms with Crippen LogP contribution in [0.4, 0.5) is 0 Å². The van der Waals surface area contributed by atoms with Gasteiger partial charge in [-0.3, -0.25) is 9.78 Å². The molecule has 2 fully saturated rings. The van der Waals surface area contributed by atoms with Crippen LogP contribution < -0.4 is 10.9 Å². The molecule has 176 valence electrons. The van der Waals surface area contributed by atoms with Gasteiger partial charge in [-0.1, -0.05) is 6.07 Å². The first-order chi connectivity index (χ1) is 14.6. The molecule has 1 amide bonds. The fourth-order valence-corrected chi connectivity index (χ4v) is 4.26. The summed E-state index contributed by atoms with van der Waals surface area (Å²) in [5, 5.41) is 3.33. The highest BCUT2D eigenvalue weighted by atomic mass is 35.5. The van der Waals surface area contributed by atoms with Crippen LogP contribution in [-0.2, 0) is 11.3 Å². The Balaban J connectivity index is 0.00000181. The third kappa shape index (κ3) is 6.32. The predicted octanol–water partition coefficient (Wildman–Crippen LogP) is 3.48. The Morgan fingerprint density at radius 2 is 2.03 bits per heavy atom. The van der Waals surface area contributed by atoms with Gasteiger partial charge in [0.15, 0.2) is 0 Å². The van der Waals surface area contributed by atoms with Crippen LogP contribution in [0, 0.1) is 6.92 Å². The van der Waals surface area contributed by atoms with Crippen molar-refractivity contribution >= 4 is 30.7 Å². The topological polar surface area (TPSA) is 84.7 Å². The summed E-state index contributed by atoms with van der Waals surface area (Å²) in [6.45, 7) is 5.24. The summed E-state index contributed by atoms with van der Waals surface area (Å²) in [6.07, 6.45) is 5.39. The lowest BCUT2D eigenvalue weighted by atomic mass is 9.95. The van der Waals surface area contributed by atoms with E-state index in [0.29, 0.717) is 31.0 Å². The van der Waals surface area contributed by atoms with E-state index in [9.17, 15) is 9.59 Å². The van der Waals surface area contributed by atoms with E-state index in [1.54, 1.807) is 11.1 Å². The number of carbonyl (C=O) groups is 1. The lowest BCUT2D eigenvalue weighted by Crippen LogP contribution is -2.42. The van der Waals surface area contributed by atoms with Crippen LogP contribution in [-0.4, -0.2) is 48.1 Å². The maximum Gasteiger partial charge on any atom is 0.349 e. The van der Waals surface area contributed by atoms with Crippen LogP contribution in [0.15, 0.2) is 39.7 Å². The van der Waals surface area contributed by atoms with Gasteiger partial charge in [-0.2, -0.15) is 0 Å². The highest BCUT2D eigenvalue weighted by molar-refractivity contribution is 5.95. The number of pyridine rings is 1. The van der Waals surface area contributed by atoms with Crippen molar-refractivity contribution in [1.29, 1.82) is 0 Å². The van der Waals surface area contributed by atoms with Crippen LogP contribution in [0.25, 0.3) is 0 Å². The zero-order valence-electron chi connectivity index (χ0n) is 18.2. The molecule has 32 heavy (non-hydrogen) atoms. The normalized spacial score (nSPS) is 19.0. The average Bonchev–Trinajstić information content (AvgIpc) is 2.79. The monoisotopic (exact) mass is 483 g/mol. The van der Waals surface area contributed by atoms with Crippen LogP contribution in [0.5, 0.6) is 0 Å². The molecule has 2 saturated heterocycles. The van der Waals surface area contributed by atoms with Crippen molar-refractivity contribution in [3.8, 4) is 0 Å². The van der Waals surface area contributed by atoms with E-state index in [1.807, 2.05) is 31.2 Å². The number of aryl methyl sites for hydroxylation is 1. The summed E-state index contributed by atoms with van der Waals surface area (Å²) in [6, 6.07) is 7.63. The standard InChI is InChI=1S/C23H29N3O4.2ClH/c1-16-13-20(17-5-4-9-24-14-17)30-23(28)21(16)22(27)26-11-7-19(8-12-26)29-15-18-6-2-3-10-25-18;;/h2-3,6,10,13,17,19,24H,4-5,7-9,11-12,14-15H2,1H3;2*1H. The number of nitrogens with zero attached hydrogens (tertiary/aromatic N) is 2. The minimum absolute atomic E-state index is 0. The Bertz CT molecular complexity index is 925. The van der Waals surface area contributed by atoms with E-state index in [-0.39, 0.29) is 48.3 Å². The summed E-state index contributed by atoms with van der Waals surface area (Å²) in [4.78, 5) is 31.7. The molecule has 0 saturated carbocycles. The van der Waals surface area contributed by atoms with Crippen molar-refractivity contribution in [2.75, 3.05) is 26.2 Å². The van der Waals surface area contributed by atoms with Crippen LogP contribution in [0.2, 0.25) is 0 Å². The molecule has 0 aliphatic carbocycles. The highest BCUT2D eigenvalue weighted by Crippen LogP contribution is 2.24. The molecule has 0 bridgehead atoms. The second-order valence-corrected chi connectivity index (χ2v) is 8.16. The zero-order valence-corrected chi connectivity index (χ0v) is 19.9. The molecule has 0 radical (unpaired) electrons. The fraction of sp³-hybridized carbons (Fsp3) is 0.522. The van der Waals surface area contributed by atoms with Crippen molar-refractivity contribution in [2.24, 2.45) is 0 Å². The Labute approximate surface area is 200 Å². The lowest BCUT2D eigenvalue weighted by molar-refractivity contribution is -0.00171. The largest absolute Gasteiger partial charge is 0.427 e. The second-order valence-electron chi connectivity index (χ2n) is 8.16. The maximum absolute atomic E-state index is 13.0. The van der Waals surface area contributed by atoms with Crippen molar-refractivity contribution < 1.29 is 13.9 Å². The van der Waals surface area contributed by atoms with Gasteiger partial charge in [-0.15, -0.1) is 24.8 Å². The van der Waals surface area contributed by atoms with Crippen molar-refractivity contribution in [3.63, 3.8) is 0 Å². The minimum atomic E-state index is -0.519. The van der Waals surface area contributed by atoms with Gasteiger partial charge in [0.05, 0.1) is 18.4 Å². The quantitative estimate of drug-likeness (QED) is 0.700. The van der Waals surface area contributed by atoms with Crippen LogP contribution in [0.3, 0.4) is 0 Å². The maximum atomic E-state index is 13.0. The number of nitrogens with one attached hydrogen (secondary N) is 1. The molecule has 9 heteroatoms. The Morgan fingerprint density at radius 3 is 2.66 bits per heavy atom. The first-order valence-corrected chi connectivity index (χ1v) is 10.8. The molecule has 2 aromatic heterocycles. The number of amides is 1. The molecule has 1 N–H and O–H groups in total. The lowest BCUT2D eigenvalue weighted by Gasteiger charge is -2.32. The molecular formula is C23H31Cl2N3O4. The van der Waals surface area contributed by atoms with Crippen LogP contribution in [0.1, 0.15) is 59.0 Å². The molecule has 1 atom stereocenters. The Morgan fingerprint density at radius 1 is 1.25 bits per heavy atom. The molecule has 4 heterocycles. The van der Waals surface area contributed by atoms with E-state index >= 15 is 0 Å². The van der Waals surface area contributed by atoms with E-state index in [4.69, 9.17) is 9.15 Å². The molecule has 2 aliphatic rings. The number of rotatable bonds is 5. The van der Waals surface area contributed by atoms with E-state index in [0.717, 1.165) is 44.5 Å². The minimum Gasteiger partial charge on any atom is -0.427 e. The molecule has 1 unspecified atom stereocenters. The molecule has 2 aliphatic heterocycles. The average molecular weight is 484 g/mol. The number of ether oxygens (including phenoxy) is 1. The summed E-state index contributed by atoms with van der Waals surface area (Å²) < 4.78 is 11.5. The number of likely N-dealkylation sites (tertiary alicyclic amines) is 1. The highest BCUT2D eigenvalue weighted by Gasteiger charge is 2.28. The fourth-order valence-electron chi connectivity index (χ4n) is 4.26. The first-order valence-electron chi connectivity index (χ1n) is 10.8. The van der Waals surface area contributed by atoms with Crippen LogP contribution >= 0.6 is 24.8 Å². The van der Waals surface area contributed by atoms with Gasteiger partial charge in [-0.05, 0) is 62.9 Å². The van der Waals surface area contributed by atoms with Gasteiger partial charge >= 0.3 is 5.63 Å². The zero-order chi connectivity index (χ0) is 20.9.